The highest BCUT2D eigenvalue weighted by atomic mass is 16.5. The van der Waals surface area contributed by atoms with Gasteiger partial charge in [-0.25, -0.2) is 0 Å². The van der Waals surface area contributed by atoms with Gasteiger partial charge in [0.1, 0.15) is 36.0 Å². The summed E-state index contributed by atoms with van der Waals surface area (Å²) in [5.41, 5.74) is 16.8. The number of rotatable bonds is 24. The van der Waals surface area contributed by atoms with Crippen LogP contribution in [-0.4, -0.2) is 88.8 Å². The lowest BCUT2D eigenvalue weighted by Gasteiger charge is -2.28. The van der Waals surface area contributed by atoms with Crippen molar-refractivity contribution in [3.63, 3.8) is 0 Å². The standard InChI is InChI=1S/C53H65N9O7/c1-31(2)23-43(48(55)63)58-50(65)44(24-32(3)4)60-53(68)47(28-36-30-57-42-18-12-10-16-39(36)42)62-51(66)45(26-33-13-7-6-8-14-33)61-52(67)46(27-35-29-56-41-17-11-9-15-38(35)41)59-49(64)40(54)25-34-19-21-37(69-5)22-20-34/h6-22,29-32,40,43-47,56-57H,23-28,54H2,1-5H3,(H2,55,63)(H,58,65)(H,59,64)(H,60,68)(H,61,67)(H,62,66)/t40-,43-,44-,45-,46-,47-/m1/s1. The van der Waals surface area contributed by atoms with Crippen LogP contribution in [0.4, 0.5) is 0 Å². The Bertz CT molecular complexity index is 2700. The summed E-state index contributed by atoms with van der Waals surface area (Å²) in [6.45, 7) is 7.61. The number of aromatic amines is 2. The molecule has 0 saturated carbocycles. The molecule has 0 aliphatic rings. The van der Waals surface area contributed by atoms with E-state index in [-0.39, 0.29) is 43.9 Å². The minimum absolute atomic E-state index is 0.00615. The van der Waals surface area contributed by atoms with E-state index >= 15 is 0 Å². The number of fused-ring (bicyclic) bond motifs is 2. The summed E-state index contributed by atoms with van der Waals surface area (Å²) in [5, 5.41) is 16.0. The number of amides is 6. The van der Waals surface area contributed by atoms with Gasteiger partial charge in [0.25, 0.3) is 0 Å². The number of nitrogens with two attached hydrogens (primary N) is 2. The fourth-order valence-electron chi connectivity index (χ4n) is 8.42. The predicted molar refractivity (Wildman–Crippen MR) is 267 cm³/mol. The monoisotopic (exact) mass is 940 g/mol. The lowest BCUT2D eigenvalue weighted by Crippen LogP contribution is -2.60. The quantitative estimate of drug-likeness (QED) is 0.0423. The zero-order chi connectivity index (χ0) is 49.6. The van der Waals surface area contributed by atoms with Crippen LogP contribution in [0.1, 0.15) is 62.8 Å². The number of aromatic nitrogens is 2. The van der Waals surface area contributed by atoms with Gasteiger partial charge in [-0.05, 0) is 77.6 Å². The molecule has 0 radical (unpaired) electrons. The first-order chi connectivity index (χ1) is 33.1. The molecule has 0 spiro atoms. The van der Waals surface area contributed by atoms with Crippen LogP contribution in [0.25, 0.3) is 21.8 Å². The van der Waals surface area contributed by atoms with E-state index in [4.69, 9.17) is 16.2 Å². The fourth-order valence-corrected chi connectivity index (χ4v) is 8.42. The molecule has 6 aromatic rings. The number of hydrogen-bond donors (Lipinski definition) is 9. The molecule has 0 aliphatic heterocycles. The Labute approximate surface area is 402 Å². The second-order valence-electron chi connectivity index (χ2n) is 18.4. The Morgan fingerprint density at radius 2 is 0.899 bits per heavy atom. The Balaban J connectivity index is 1.30. The molecular weight excluding hydrogens is 875 g/mol. The minimum atomic E-state index is -1.25. The average molecular weight is 940 g/mol. The summed E-state index contributed by atoms with van der Waals surface area (Å²) in [7, 11) is 1.56. The van der Waals surface area contributed by atoms with Crippen molar-refractivity contribution in [2.24, 2.45) is 23.3 Å². The number of primary amides is 1. The van der Waals surface area contributed by atoms with Gasteiger partial charge >= 0.3 is 0 Å². The number of H-pyrrole nitrogens is 2. The van der Waals surface area contributed by atoms with E-state index in [1.165, 1.54) is 0 Å². The third-order valence-electron chi connectivity index (χ3n) is 12.0. The van der Waals surface area contributed by atoms with E-state index in [9.17, 15) is 28.8 Å². The van der Waals surface area contributed by atoms with Gasteiger partial charge in [-0.15, -0.1) is 0 Å². The Kier molecular flexibility index (Phi) is 17.7. The zero-order valence-electron chi connectivity index (χ0n) is 39.8. The molecule has 0 saturated heterocycles. The molecular formula is C53H65N9O7. The van der Waals surface area contributed by atoms with E-state index < -0.39 is 71.7 Å². The molecule has 16 heteroatoms. The van der Waals surface area contributed by atoms with Crippen LogP contribution in [0.15, 0.2) is 116 Å². The van der Waals surface area contributed by atoms with Gasteiger partial charge in [-0.1, -0.05) is 107 Å². The Morgan fingerprint density at radius 1 is 0.493 bits per heavy atom. The van der Waals surface area contributed by atoms with Gasteiger partial charge in [0.05, 0.1) is 13.2 Å². The number of benzene rings is 4. The van der Waals surface area contributed by atoms with E-state index in [0.29, 0.717) is 17.7 Å². The van der Waals surface area contributed by atoms with Gasteiger partial charge in [-0.2, -0.15) is 0 Å². The highest BCUT2D eigenvalue weighted by Crippen LogP contribution is 2.22. The molecule has 4 aromatic carbocycles. The SMILES string of the molecule is COc1ccc(C[C@@H](N)C(=O)N[C@H](Cc2c[nH]c3ccccc23)C(=O)N[C@H](Cc2ccccc2)C(=O)N[C@H](Cc2c[nH]c3ccccc23)C(=O)N[C@H](CC(C)C)C(=O)N[C@H](CC(C)C)C(N)=O)cc1. The zero-order valence-corrected chi connectivity index (χ0v) is 39.8. The molecule has 69 heavy (non-hydrogen) atoms. The lowest BCUT2D eigenvalue weighted by molar-refractivity contribution is -0.135. The summed E-state index contributed by atoms with van der Waals surface area (Å²) in [6.07, 6.45) is 4.33. The second-order valence-corrected chi connectivity index (χ2v) is 18.4. The number of nitrogens with one attached hydrogen (secondary N) is 7. The van der Waals surface area contributed by atoms with E-state index in [2.05, 4.69) is 36.6 Å². The van der Waals surface area contributed by atoms with Crippen LogP contribution in [0.5, 0.6) is 5.75 Å². The number of carbonyl (C=O) groups excluding carboxylic acids is 6. The van der Waals surface area contributed by atoms with Crippen molar-refractivity contribution in [1.29, 1.82) is 0 Å². The van der Waals surface area contributed by atoms with Crippen LogP contribution in [0.2, 0.25) is 0 Å². The molecule has 6 rings (SSSR count). The van der Waals surface area contributed by atoms with Crippen LogP contribution in [0, 0.1) is 11.8 Å². The maximum atomic E-state index is 14.8. The van der Waals surface area contributed by atoms with Crippen LogP contribution in [-0.2, 0) is 54.5 Å². The molecule has 11 N–H and O–H groups in total. The first-order valence-corrected chi connectivity index (χ1v) is 23.4. The van der Waals surface area contributed by atoms with Gasteiger partial charge in [-0.3, -0.25) is 28.8 Å². The molecule has 0 bridgehead atoms. The molecule has 16 nitrogen and oxygen atoms in total. The van der Waals surface area contributed by atoms with Crippen LogP contribution in [0.3, 0.4) is 0 Å². The summed E-state index contributed by atoms with van der Waals surface area (Å²) >= 11 is 0. The van der Waals surface area contributed by atoms with Gasteiger partial charge in [0, 0.05) is 53.5 Å². The molecule has 0 fully saturated rings. The largest absolute Gasteiger partial charge is 0.497 e. The molecule has 0 aliphatic carbocycles. The van der Waals surface area contributed by atoms with E-state index in [1.54, 1.807) is 31.6 Å². The third-order valence-corrected chi connectivity index (χ3v) is 12.0. The van der Waals surface area contributed by atoms with Crippen molar-refractivity contribution < 1.29 is 33.5 Å². The summed E-state index contributed by atoms with van der Waals surface area (Å²) in [4.78, 5) is 90.7. The summed E-state index contributed by atoms with van der Waals surface area (Å²) in [5.74, 6) is -3.20. The highest BCUT2D eigenvalue weighted by Gasteiger charge is 2.34. The van der Waals surface area contributed by atoms with E-state index in [0.717, 1.165) is 38.5 Å². The Morgan fingerprint density at radius 3 is 1.39 bits per heavy atom. The van der Waals surface area contributed by atoms with Crippen molar-refractivity contribution in [3.05, 3.63) is 138 Å². The van der Waals surface area contributed by atoms with Crippen molar-refractivity contribution in [3.8, 4) is 5.75 Å². The highest BCUT2D eigenvalue weighted by molar-refractivity contribution is 5.97. The van der Waals surface area contributed by atoms with E-state index in [1.807, 2.05) is 119 Å². The van der Waals surface area contributed by atoms with Gasteiger partial charge in [0.15, 0.2) is 0 Å². The van der Waals surface area contributed by atoms with Crippen molar-refractivity contribution in [1.82, 2.24) is 36.6 Å². The predicted octanol–water partition coefficient (Wildman–Crippen LogP) is 4.26. The van der Waals surface area contributed by atoms with Crippen molar-refractivity contribution >= 4 is 57.2 Å². The number of methoxy groups -OCH3 is 1. The molecule has 6 atom stereocenters. The fraction of sp³-hybridized carbons (Fsp3) is 0.358. The molecule has 364 valence electrons. The number of para-hydroxylation sites is 2. The third kappa shape index (κ3) is 14.3. The number of ether oxygens (including phenoxy) is 1. The molecule has 2 aromatic heterocycles. The van der Waals surface area contributed by atoms with Crippen molar-refractivity contribution in [2.45, 2.75) is 102 Å². The summed E-state index contributed by atoms with van der Waals surface area (Å²) in [6, 6.07) is 24.6. The maximum absolute atomic E-state index is 14.8. The van der Waals surface area contributed by atoms with Crippen LogP contribution >= 0.6 is 0 Å². The van der Waals surface area contributed by atoms with Gasteiger partial charge in [0.2, 0.25) is 35.4 Å². The summed E-state index contributed by atoms with van der Waals surface area (Å²) < 4.78 is 5.27. The lowest BCUT2D eigenvalue weighted by atomic mass is 9.98. The first kappa shape index (κ1) is 50.9. The second kappa shape index (κ2) is 24.0. The van der Waals surface area contributed by atoms with Crippen molar-refractivity contribution in [2.75, 3.05) is 7.11 Å². The number of carbonyl (C=O) groups is 6. The van der Waals surface area contributed by atoms with Crippen LogP contribution < -0.4 is 42.8 Å². The smallest absolute Gasteiger partial charge is 0.243 e. The van der Waals surface area contributed by atoms with Gasteiger partial charge < -0.3 is 52.8 Å². The number of hydrogen-bond acceptors (Lipinski definition) is 8. The topological polar surface area (TPSA) is 255 Å². The average Bonchev–Trinajstić information content (AvgIpc) is 3.94. The maximum Gasteiger partial charge on any atom is 0.243 e. The molecule has 2 heterocycles. The normalized spacial score (nSPS) is 14.0. The molecule has 6 amide bonds. The Hall–Kier alpha value is -7.46. The molecule has 0 unspecified atom stereocenters. The minimum Gasteiger partial charge on any atom is -0.497 e. The first-order valence-electron chi connectivity index (χ1n) is 23.4.